The van der Waals surface area contributed by atoms with Gasteiger partial charge in [0.05, 0.1) is 18.6 Å². The molecular weight excluding hydrogens is 216 g/mol. The maximum absolute atomic E-state index is 10.0. The first kappa shape index (κ1) is 11.9. The van der Waals surface area contributed by atoms with Crippen LogP contribution in [0.15, 0.2) is 35.2 Å². The van der Waals surface area contributed by atoms with E-state index in [2.05, 4.69) is 12.0 Å². The number of aryl methyl sites for hydroxylation is 2. The third kappa shape index (κ3) is 3.20. The molecule has 0 aromatic carbocycles. The molecule has 2 aromatic rings. The Bertz CT molecular complexity index is 434. The van der Waals surface area contributed by atoms with Crippen LogP contribution in [0.3, 0.4) is 0 Å². The molecule has 2 rings (SSSR count). The average Bonchev–Trinajstić information content (AvgIpc) is 2.97. The summed E-state index contributed by atoms with van der Waals surface area (Å²) in [4.78, 5) is 0. The van der Waals surface area contributed by atoms with Crippen LogP contribution in [0.5, 0.6) is 0 Å². The van der Waals surface area contributed by atoms with Crippen molar-refractivity contribution >= 4 is 0 Å². The van der Waals surface area contributed by atoms with Crippen LogP contribution in [-0.2, 0) is 13.0 Å². The maximum Gasteiger partial charge on any atom is 0.103 e. The first-order valence-electron chi connectivity index (χ1n) is 6.02. The van der Waals surface area contributed by atoms with Gasteiger partial charge < -0.3 is 9.52 Å². The first-order valence-corrected chi connectivity index (χ1v) is 6.02. The van der Waals surface area contributed by atoms with Gasteiger partial charge in [0.2, 0.25) is 0 Å². The van der Waals surface area contributed by atoms with E-state index < -0.39 is 6.10 Å². The van der Waals surface area contributed by atoms with Gasteiger partial charge in [0.1, 0.15) is 5.76 Å². The summed E-state index contributed by atoms with van der Waals surface area (Å²) in [5.41, 5.74) is 0.880. The van der Waals surface area contributed by atoms with Crippen LogP contribution in [0.4, 0.5) is 0 Å². The molecule has 1 N–H and O–H groups in total. The van der Waals surface area contributed by atoms with E-state index in [9.17, 15) is 5.11 Å². The Hall–Kier alpha value is -1.55. The number of rotatable bonds is 6. The van der Waals surface area contributed by atoms with Gasteiger partial charge in [0.15, 0.2) is 0 Å². The molecule has 0 aliphatic heterocycles. The van der Waals surface area contributed by atoms with Crippen LogP contribution in [0, 0.1) is 0 Å². The molecule has 0 aliphatic rings. The van der Waals surface area contributed by atoms with Gasteiger partial charge >= 0.3 is 0 Å². The highest BCUT2D eigenvalue weighted by atomic mass is 16.3. The van der Waals surface area contributed by atoms with Crippen LogP contribution in [0.2, 0.25) is 0 Å². The monoisotopic (exact) mass is 234 g/mol. The normalized spacial score (nSPS) is 12.8. The molecule has 2 heterocycles. The standard InChI is InChI=1S/C13H18N2O2/c1-2-7-15-10-11(9-14-15)13(16)6-5-12-4-3-8-17-12/h3-4,8-10,13,16H,2,5-7H2,1H3. The molecule has 92 valence electrons. The topological polar surface area (TPSA) is 51.2 Å². The van der Waals surface area contributed by atoms with Gasteiger partial charge in [-0.3, -0.25) is 4.68 Å². The average molecular weight is 234 g/mol. The number of aliphatic hydroxyl groups excluding tert-OH is 1. The SMILES string of the molecule is CCCn1cc(C(O)CCc2ccco2)cn1. The Labute approximate surface area is 101 Å². The molecule has 1 atom stereocenters. The molecule has 0 bridgehead atoms. The lowest BCUT2D eigenvalue weighted by Crippen LogP contribution is -1.99. The largest absolute Gasteiger partial charge is 0.469 e. The summed E-state index contributed by atoms with van der Waals surface area (Å²) in [6, 6.07) is 3.79. The first-order chi connectivity index (χ1) is 8.29. The van der Waals surface area contributed by atoms with E-state index in [1.54, 1.807) is 12.5 Å². The van der Waals surface area contributed by atoms with E-state index in [1.807, 2.05) is 23.0 Å². The fraction of sp³-hybridized carbons (Fsp3) is 0.462. The Kier molecular flexibility index (Phi) is 3.98. The second kappa shape index (κ2) is 5.68. The summed E-state index contributed by atoms with van der Waals surface area (Å²) < 4.78 is 7.10. The number of aromatic nitrogens is 2. The molecule has 0 amide bonds. The summed E-state index contributed by atoms with van der Waals surface area (Å²) in [7, 11) is 0. The predicted molar refractivity (Wildman–Crippen MR) is 64.5 cm³/mol. The lowest BCUT2D eigenvalue weighted by atomic mass is 10.1. The summed E-state index contributed by atoms with van der Waals surface area (Å²) in [6.07, 6.45) is 7.28. The molecule has 0 spiro atoms. The van der Waals surface area contributed by atoms with E-state index in [0.29, 0.717) is 6.42 Å². The number of aliphatic hydroxyl groups is 1. The maximum atomic E-state index is 10.0. The van der Waals surface area contributed by atoms with Gasteiger partial charge in [0, 0.05) is 24.7 Å². The second-order valence-electron chi connectivity index (χ2n) is 4.17. The van der Waals surface area contributed by atoms with Crippen molar-refractivity contribution in [2.24, 2.45) is 0 Å². The minimum atomic E-state index is -0.467. The van der Waals surface area contributed by atoms with Gasteiger partial charge in [-0.1, -0.05) is 6.92 Å². The Balaban J connectivity index is 1.88. The molecule has 0 saturated heterocycles. The van der Waals surface area contributed by atoms with Gasteiger partial charge in [-0.2, -0.15) is 5.10 Å². The molecule has 0 radical (unpaired) electrons. The van der Waals surface area contributed by atoms with Gasteiger partial charge in [-0.25, -0.2) is 0 Å². The minimum Gasteiger partial charge on any atom is -0.469 e. The van der Waals surface area contributed by atoms with E-state index in [0.717, 1.165) is 30.7 Å². The highest BCUT2D eigenvalue weighted by molar-refractivity contribution is 5.09. The van der Waals surface area contributed by atoms with E-state index in [-0.39, 0.29) is 0 Å². The summed E-state index contributed by atoms with van der Waals surface area (Å²) in [6.45, 7) is 3.00. The Morgan fingerprint density at radius 1 is 1.53 bits per heavy atom. The number of hydrogen-bond acceptors (Lipinski definition) is 3. The molecule has 1 unspecified atom stereocenters. The van der Waals surface area contributed by atoms with Crippen LogP contribution in [0.25, 0.3) is 0 Å². The lowest BCUT2D eigenvalue weighted by molar-refractivity contribution is 0.165. The zero-order chi connectivity index (χ0) is 12.1. The van der Waals surface area contributed by atoms with Crippen LogP contribution >= 0.6 is 0 Å². The van der Waals surface area contributed by atoms with Crippen LogP contribution < -0.4 is 0 Å². The van der Waals surface area contributed by atoms with Crippen molar-refractivity contribution in [2.75, 3.05) is 0 Å². The number of nitrogens with zero attached hydrogens (tertiary/aromatic N) is 2. The van der Waals surface area contributed by atoms with Crippen molar-refractivity contribution in [3.8, 4) is 0 Å². The highest BCUT2D eigenvalue weighted by Gasteiger charge is 2.10. The predicted octanol–water partition coefficient (Wildman–Crippen LogP) is 2.55. The summed E-state index contributed by atoms with van der Waals surface area (Å²) in [5.74, 6) is 0.907. The molecule has 17 heavy (non-hydrogen) atoms. The van der Waals surface area contributed by atoms with Crippen molar-refractivity contribution < 1.29 is 9.52 Å². The van der Waals surface area contributed by atoms with Crippen molar-refractivity contribution in [3.05, 3.63) is 42.1 Å². The van der Waals surface area contributed by atoms with Crippen LogP contribution in [0.1, 0.15) is 37.2 Å². The number of furan rings is 1. The number of hydrogen-bond donors (Lipinski definition) is 1. The Morgan fingerprint density at radius 3 is 3.12 bits per heavy atom. The highest BCUT2D eigenvalue weighted by Crippen LogP contribution is 2.18. The summed E-state index contributed by atoms with van der Waals surface area (Å²) >= 11 is 0. The van der Waals surface area contributed by atoms with E-state index >= 15 is 0 Å². The third-order valence-electron chi connectivity index (χ3n) is 2.73. The second-order valence-corrected chi connectivity index (χ2v) is 4.17. The fourth-order valence-electron chi connectivity index (χ4n) is 1.80. The van der Waals surface area contributed by atoms with E-state index in [4.69, 9.17) is 4.42 Å². The molecule has 4 heteroatoms. The molecule has 0 aliphatic carbocycles. The van der Waals surface area contributed by atoms with E-state index in [1.165, 1.54) is 0 Å². The molecule has 0 saturated carbocycles. The smallest absolute Gasteiger partial charge is 0.103 e. The van der Waals surface area contributed by atoms with Crippen LogP contribution in [-0.4, -0.2) is 14.9 Å². The third-order valence-corrected chi connectivity index (χ3v) is 2.73. The van der Waals surface area contributed by atoms with Crippen molar-refractivity contribution in [1.29, 1.82) is 0 Å². The Morgan fingerprint density at radius 2 is 2.41 bits per heavy atom. The zero-order valence-corrected chi connectivity index (χ0v) is 10.0. The molecular formula is C13H18N2O2. The quantitative estimate of drug-likeness (QED) is 0.835. The van der Waals surface area contributed by atoms with Crippen molar-refractivity contribution in [3.63, 3.8) is 0 Å². The van der Waals surface area contributed by atoms with Crippen molar-refractivity contribution in [1.82, 2.24) is 9.78 Å². The fourth-order valence-corrected chi connectivity index (χ4v) is 1.80. The van der Waals surface area contributed by atoms with Gasteiger partial charge in [-0.05, 0) is 25.0 Å². The zero-order valence-electron chi connectivity index (χ0n) is 10.0. The molecule has 0 fully saturated rings. The minimum absolute atomic E-state index is 0.467. The molecule has 4 nitrogen and oxygen atoms in total. The van der Waals surface area contributed by atoms with Crippen molar-refractivity contribution in [2.45, 2.75) is 38.8 Å². The van der Waals surface area contributed by atoms with Gasteiger partial charge in [0.25, 0.3) is 0 Å². The van der Waals surface area contributed by atoms with Gasteiger partial charge in [-0.15, -0.1) is 0 Å². The lowest BCUT2D eigenvalue weighted by Gasteiger charge is -2.06. The molecule has 2 aromatic heterocycles. The summed E-state index contributed by atoms with van der Waals surface area (Å²) in [5, 5.41) is 14.2.